The zero-order valence-electron chi connectivity index (χ0n) is 19.0. The van der Waals surface area contributed by atoms with Crippen molar-refractivity contribution in [2.75, 3.05) is 12.4 Å². The number of amides is 1. The second-order valence-corrected chi connectivity index (χ2v) is 7.27. The molecular formula is C20H20F4N4O2. The molecule has 0 bridgehead atoms. The molecule has 0 saturated carbocycles. The number of methoxy groups -OCH3 is 1. The molecule has 1 aromatic heterocycles. The van der Waals surface area contributed by atoms with Crippen molar-refractivity contribution in [3.8, 4) is 5.75 Å². The lowest BCUT2D eigenvalue weighted by Gasteiger charge is -2.39. The second-order valence-electron chi connectivity index (χ2n) is 7.27. The van der Waals surface area contributed by atoms with Crippen LogP contribution in [-0.4, -0.2) is 35.6 Å². The summed E-state index contributed by atoms with van der Waals surface area (Å²) in [5.41, 5.74) is 0.315. The smallest absolute Gasteiger partial charge is 0.274 e. The van der Waals surface area contributed by atoms with Gasteiger partial charge in [-0.3, -0.25) is 9.79 Å². The van der Waals surface area contributed by atoms with Crippen LogP contribution in [0.2, 0.25) is 0 Å². The van der Waals surface area contributed by atoms with Crippen molar-refractivity contribution in [1.29, 1.82) is 0 Å². The number of aliphatic imine (C=N–C) groups is 1. The number of aromatic nitrogens is 1. The third-order valence-corrected chi connectivity index (χ3v) is 4.98. The first kappa shape index (κ1) is 17.7. The standard InChI is InChI=1S/C20H20F4N4O2/c1-19(24)8-15(22)20(2,28-18(19)25)12-6-10(7-13(21)16(12)23)27-17(29)14-5-4-11(30-3)9-26-14/h4-7,9,15H,8H2,1-3H3,(H2,25,28)(H,27,29)/t15-,19-,20+/m0/s1/i3D3. The van der Waals surface area contributed by atoms with Crippen LogP contribution in [0.4, 0.5) is 23.2 Å². The highest BCUT2D eigenvalue weighted by Crippen LogP contribution is 2.43. The molecule has 3 rings (SSSR count). The number of nitrogens with two attached hydrogens (primary N) is 1. The molecule has 2 aromatic rings. The second kappa shape index (κ2) is 7.58. The predicted octanol–water partition coefficient (Wildman–Crippen LogP) is 3.66. The van der Waals surface area contributed by atoms with E-state index >= 15 is 0 Å². The van der Waals surface area contributed by atoms with Crippen molar-refractivity contribution in [2.24, 2.45) is 10.7 Å². The quantitative estimate of drug-likeness (QED) is 0.729. The van der Waals surface area contributed by atoms with Gasteiger partial charge in [0.25, 0.3) is 5.91 Å². The van der Waals surface area contributed by atoms with Crippen molar-refractivity contribution in [1.82, 2.24) is 4.98 Å². The molecule has 1 aliphatic heterocycles. The van der Waals surface area contributed by atoms with Crippen LogP contribution in [0.5, 0.6) is 5.75 Å². The Labute approximate surface area is 174 Å². The van der Waals surface area contributed by atoms with E-state index < -0.39 is 59.8 Å². The molecular weight excluding hydrogens is 404 g/mol. The molecule has 0 spiro atoms. The summed E-state index contributed by atoms with van der Waals surface area (Å²) in [7, 11) is -2.71. The zero-order valence-corrected chi connectivity index (χ0v) is 16.0. The number of benzene rings is 1. The summed E-state index contributed by atoms with van der Waals surface area (Å²) in [6.45, 7) is 2.18. The lowest BCUT2D eigenvalue weighted by molar-refractivity contribution is 0.102. The van der Waals surface area contributed by atoms with Crippen molar-refractivity contribution < 1.29 is 31.2 Å². The number of ether oxygens (including phenoxy) is 1. The summed E-state index contributed by atoms with van der Waals surface area (Å²) >= 11 is 0. The fourth-order valence-electron chi connectivity index (χ4n) is 3.11. The number of rotatable bonds is 4. The Morgan fingerprint density at radius 1 is 1.37 bits per heavy atom. The Kier molecular flexibility index (Phi) is 4.47. The Morgan fingerprint density at radius 2 is 2.10 bits per heavy atom. The number of nitrogens with zero attached hydrogens (tertiary/aromatic N) is 2. The Bertz CT molecular complexity index is 1110. The van der Waals surface area contributed by atoms with Crippen LogP contribution in [0.3, 0.4) is 0 Å². The monoisotopic (exact) mass is 427 g/mol. The number of hydrogen-bond acceptors (Lipinski definition) is 5. The molecule has 3 N–H and O–H groups in total. The van der Waals surface area contributed by atoms with Crippen LogP contribution in [-0.2, 0) is 5.54 Å². The van der Waals surface area contributed by atoms with Crippen LogP contribution in [0.25, 0.3) is 0 Å². The summed E-state index contributed by atoms with van der Waals surface area (Å²) in [6.07, 6.45) is -1.75. The van der Waals surface area contributed by atoms with Crippen LogP contribution in [0, 0.1) is 11.6 Å². The molecule has 1 aromatic carbocycles. The van der Waals surface area contributed by atoms with Crippen LogP contribution in [0.15, 0.2) is 35.5 Å². The summed E-state index contributed by atoms with van der Waals surface area (Å²) in [5.74, 6) is -4.33. The van der Waals surface area contributed by atoms with Gasteiger partial charge >= 0.3 is 0 Å². The van der Waals surface area contributed by atoms with E-state index in [4.69, 9.17) is 9.85 Å². The highest BCUT2D eigenvalue weighted by atomic mass is 19.2. The minimum atomic E-state index is -2.71. The number of halogens is 4. The topological polar surface area (TPSA) is 89.6 Å². The van der Waals surface area contributed by atoms with E-state index in [0.717, 1.165) is 32.2 Å². The Morgan fingerprint density at radius 3 is 2.73 bits per heavy atom. The fourth-order valence-corrected chi connectivity index (χ4v) is 3.11. The molecule has 30 heavy (non-hydrogen) atoms. The molecule has 1 amide bonds. The van der Waals surface area contributed by atoms with Gasteiger partial charge in [-0.2, -0.15) is 0 Å². The maximum absolute atomic E-state index is 14.9. The molecule has 0 fully saturated rings. The van der Waals surface area contributed by atoms with Gasteiger partial charge in [0.1, 0.15) is 29.0 Å². The first-order chi connectivity index (χ1) is 15.1. The number of alkyl halides is 2. The molecule has 0 aliphatic carbocycles. The molecule has 6 nitrogen and oxygen atoms in total. The van der Waals surface area contributed by atoms with Gasteiger partial charge in [-0.15, -0.1) is 0 Å². The fraction of sp³-hybridized carbons (Fsp3) is 0.350. The van der Waals surface area contributed by atoms with E-state index in [1.165, 1.54) is 6.07 Å². The average Bonchev–Trinajstić information content (AvgIpc) is 2.68. The maximum atomic E-state index is 14.9. The number of amidine groups is 1. The molecule has 1 aliphatic rings. The van der Waals surface area contributed by atoms with Gasteiger partial charge in [-0.1, -0.05) is 0 Å². The SMILES string of the molecule is [2H]C([2H])([2H])Oc1ccc(C(=O)Nc2cc(F)c(F)c([C@@]3(C)N=C(N)[C@@](C)(F)C[C@@H]3F)c2)nc1. The number of carbonyl (C=O) groups excluding carboxylic acids is 1. The normalized spacial score (nSPS) is 28.0. The summed E-state index contributed by atoms with van der Waals surface area (Å²) in [4.78, 5) is 20.0. The highest BCUT2D eigenvalue weighted by molar-refractivity contribution is 6.03. The third kappa shape index (κ3) is 3.81. The van der Waals surface area contributed by atoms with Gasteiger partial charge in [-0.25, -0.2) is 22.5 Å². The van der Waals surface area contributed by atoms with Gasteiger partial charge in [0.15, 0.2) is 17.3 Å². The number of hydrogen-bond donors (Lipinski definition) is 2. The lowest BCUT2D eigenvalue weighted by Crippen LogP contribution is -2.51. The molecule has 0 unspecified atom stereocenters. The van der Waals surface area contributed by atoms with Crippen LogP contribution < -0.4 is 15.8 Å². The van der Waals surface area contributed by atoms with Gasteiger partial charge in [0, 0.05) is 23.7 Å². The molecule has 0 radical (unpaired) electrons. The van der Waals surface area contributed by atoms with E-state index in [-0.39, 0.29) is 17.1 Å². The number of nitrogens with one attached hydrogen (secondary N) is 1. The van der Waals surface area contributed by atoms with E-state index in [1.807, 2.05) is 0 Å². The average molecular weight is 427 g/mol. The first-order valence-corrected chi connectivity index (χ1v) is 8.77. The van der Waals surface area contributed by atoms with Gasteiger partial charge < -0.3 is 15.8 Å². The van der Waals surface area contributed by atoms with Crippen molar-refractivity contribution in [3.05, 3.63) is 53.4 Å². The molecule has 2 heterocycles. The lowest BCUT2D eigenvalue weighted by atomic mass is 9.79. The minimum Gasteiger partial charge on any atom is -0.495 e. The largest absolute Gasteiger partial charge is 0.495 e. The first-order valence-electron chi connectivity index (χ1n) is 10.3. The number of anilines is 1. The van der Waals surface area contributed by atoms with Crippen LogP contribution >= 0.6 is 0 Å². The predicted molar refractivity (Wildman–Crippen MR) is 103 cm³/mol. The van der Waals surface area contributed by atoms with E-state index in [1.54, 1.807) is 0 Å². The molecule has 3 atom stereocenters. The number of pyridine rings is 1. The molecule has 0 saturated heterocycles. The van der Waals surface area contributed by atoms with Crippen molar-refractivity contribution >= 4 is 17.4 Å². The number of carbonyl (C=O) groups is 1. The van der Waals surface area contributed by atoms with Gasteiger partial charge in [0.2, 0.25) is 0 Å². The van der Waals surface area contributed by atoms with E-state index in [0.29, 0.717) is 6.07 Å². The summed E-state index contributed by atoms with van der Waals surface area (Å²) in [5, 5.41) is 2.30. The summed E-state index contributed by atoms with van der Waals surface area (Å²) < 4.78 is 83.9. The van der Waals surface area contributed by atoms with Gasteiger partial charge in [-0.05, 0) is 32.0 Å². The maximum Gasteiger partial charge on any atom is 0.274 e. The van der Waals surface area contributed by atoms with Crippen LogP contribution in [0.1, 0.15) is 40.4 Å². The molecule has 10 heteroatoms. The minimum absolute atomic E-state index is 0.115. The van der Waals surface area contributed by atoms with E-state index in [9.17, 15) is 22.4 Å². The highest BCUT2D eigenvalue weighted by Gasteiger charge is 2.49. The van der Waals surface area contributed by atoms with E-state index in [2.05, 4.69) is 20.0 Å². The Balaban J connectivity index is 1.91. The van der Waals surface area contributed by atoms with Crippen molar-refractivity contribution in [3.63, 3.8) is 0 Å². The third-order valence-electron chi connectivity index (χ3n) is 4.98. The van der Waals surface area contributed by atoms with Crippen molar-refractivity contribution in [2.45, 2.75) is 37.6 Å². The Hall–Kier alpha value is -3.17. The van der Waals surface area contributed by atoms with Gasteiger partial charge in [0.05, 0.1) is 17.3 Å². The molecule has 160 valence electrons. The summed E-state index contributed by atoms with van der Waals surface area (Å²) in [6, 6.07) is 4.00. The zero-order chi connectivity index (χ0) is 24.8.